The molecule has 4 aromatic carbocycles. The monoisotopic (exact) mass is 508 g/mol. The van der Waals surface area contributed by atoms with Crippen molar-refractivity contribution in [3.63, 3.8) is 0 Å². The fourth-order valence-electron chi connectivity index (χ4n) is 5.40. The van der Waals surface area contributed by atoms with Crippen LogP contribution in [0.15, 0.2) is 109 Å². The van der Waals surface area contributed by atoms with Crippen LogP contribution in [0.4, 0.5) is 0 Å². The molecule has 39 heavy (non-hydrogen) atoms. The van der Waals surface area contributed by atoms with E-state index in [2.05, 4.69) is 117 Å². The lowest BCUT2D eigenvalue weighted by molar-refractivity contribution is 0.659. The molecule has 0 aliphatic rings. The first-order chi connectivity index (χ1) is 19.3. The smallest absolute Gasteiger partial charge is 0.0753 e. The normalized spacial score (nSPS) is 11.3. The topological polar surface area (TPSA) is 51.6 Å². The van der Waals surface area contributed by atoms with Crippen molar-refractivity contribution in [3.05, 3.63) is 143 Å². The highest BCUT2D eigenvalue weighted by Crippen LogP contribution is 2.25. The molecule has 0 aliphatic heterocycles. The van der Waals surface area contributed by atoms with E-state index in [1.807, 2.05) is 12.1 Å². The lowest BCUT2D eigenvalue weighted by Crippen LogP contribution is -2.03. The van der Waals surface area contributed by atoms with Gasteiger partial charge in [0.25, 0.3) is 0 Å². The highest BCUT2D eigenvalue weighted by molar-refractivity contribution is 5.87. The van der Waals surface area contributed by atoms with Gasteiger partial charge in [0.05, 0.1) is 22.8 Å². The molecule has 0 saturated heterocycles. The quantitative estimate of drug-likeness (QED) is 0.178. The van der Waals surface area contributed by atoms with Gasteiger partial charge in [-0.3, -0.25) is 0 Å². The maximum Gasteiger partial charge on any atom is 0.0753 e. The van der Waals surface area contributed by atoms with Crippen molar-refractivity contribution >= 4 is 21.5 Å². The molecule has 0 radical (unpaired) electrons. The van der Waals surface area contributed by atoms with Gasteiger partial charge >= 0.3 is 0 Å². The molecular formula is C35H32N4. The Morgan fingerprint density at radius 1 is 0.333 bits per heavy atom. The van der Waals surface area contributed by atoms with Gasteiger partial charge in [-0.15, -0.1) is 0 Å². The third-order valence-electron chi connectivity index (χ3n) is 7.44. The molecule has 2 heterocycles. The first-order valence-corrected chi connectivity index (χ1v) is 13.9. The Kier molecular flexibility index (Phi) is 7.62. The first kappa shape index (κ1) is 24.9. The molecule has 2 aromatic heterocycles. The minimum atomic E-state index is 0.799. The molecule has 0 bridgehead atoms. The van der Waals surface area contributed by atoms with Crippen molar-refractivity contribution in [2.24, 2.45) is 0 Å². The summed E-state index contributed by atoms with van der Waals surface area (Å²) in [6.07, 6.45) is 6.73. The number of nitrogens with zero attached hydrogens (tertiary/aromatic N) is 4. The molecule has 0 atom stereocenters. The molecular weight excluding hydrogens is 476 g/mol. The summed E-state index contributed by atoms with van der Waals surface area (Å²) in [6.45, 7) is 0. The van der Waals surface area contributed by atoms with Crippen LogP contribution >= 0.6 is 0 Å². The van der Waals surface area contributed by atoms with Gasteiger partial charge in [-0.1, -0.05) is 116 Å². The van der Waals surface area contributed by atoms with Crippen molar-refractivity contribution in [2.75, 3.05) is 0 Å². The summed E-state index contributed by atoms with van der Waals surface area (Å²) < 4.78 is 0. The van der Waals surface area contributed by atoms with Crippen molar-refractivity contribution in [1.82, 2.24) is 20.4 Å². The Hall–Kier alpha value is -4.44. The first-order valence-electron chi connectivity index (χ1n) is 13.9. The second-order valence-corrected chi connectivity index (χ2v) is 10.2. The minimum Gasteiger partial charge on any atom is -0.155 e. The van der Waals surface area contributed by atoms with Gasteiger partial charge in [0.1, 0.15) is 0 Å². The Labute approximate surface area is 229 Å². The number of hydrogen-bond acceptors (Lipinski definition) is 4. The minimum absolute atomic E-state index is 0.799. The highest BCUT2D eigenvalue weighted by atomic mass is 15.1. The molecule has 0 amide bonds. The van der Waals surface area contributed by atoms with Gasteiger partial charge in [-0.25, -0.2) is 0 Å². The summed E-state index contributed by atoms with van der Waals surface area (Å²) in [5, 5.41) is 23.5. The van der Waals surface area contributed by atoms with E-state index in [0.29, 0.717) is 0 Å². The fourth-order valence-corrected chi connectivity index (χ4v) is 5.40. The number of fused-ring (bicyclic) bond motifs is 2. The predicted octanol–water partition coefficient (Wildman–Crippen LogP) is 7.71. The van der Waals surface area contributed by atoms with Crippen molar-refractivity contribution < 1.29 is 0 Å². The summed E-state index contributed by atoms with van der Waals surface area (Å²) >= 11 is 0. The van der Waals surface area contributed by atoms with Gasteiger partial charge < -0.3 is 0 Å². The van der Waals surface area contributed by atoms with Crippen LogP contribution in [0.1, 0.15) is 53.2 Å². The van der Waals surface area contributed by atoms with Crippen molar-refractivity contribution in [3.8, 4) is 0 Å². The fraction of sp³-hybridized carbons (Fsp3) is 0.200. The lowest BCUT2D eigenvalue weighted by atomic mass is 9.99. The molecule has 0 saturated carbocycles. The van der Waals surface area contributed by atoms with E-state index in [0.717, 1.165) is 67.7 Å². The van der Waals surface area contributed by atoms with Crippen LogP contribution in [0.3, 0.4) is 0 Å². The summed E-state index contributed by atoms with van der Waals surface area (Å²) in [4.78, 5) is 0. The van der Waals surface area contributed by atoms with E-state index in [1.54, 1.807) is 0 Å². The number of unbranched alkanes of at least 4 members (excludes halogenated alkanes) is 2. The SMILES string of the molecule is c1ccc(Cc2nnc(CCCCCc3nnc(Cc4ccccc4)c4ccccc34)c3ccccc23)cc1. The van der Waals surface area contributed by atoms with Crippen molar-refractivity contribution in [1.29, 1.82) is 0 Å². The number of rotatable bonds is 10. The Morgan fingerprint density at radius 2 is 0.667 bits per heavy atom. The molecule has 4 heteroatoms. The number of aryl methyl sites for hydroxylation is 2. The summed E-state index contributed by atoms with van der Waals surface area (Å²) in [5.74, 6) is 0. The molecule has 6 rings (SSSR count). The average Bonchev–Trinajstić information content (AvgIpc) is 3.00. The van der Waals surface area contributed by atoms with Gasteiger partial charge in [-0.05, 0) is 36.8 Å². The zero-order valence-electron chi connectivity index (χ0n) is 22.1. The molecule has 0 N–H and O–H groups in total. The maximum atomic E-state index is 4.67. The summed E-state index contributed by atoms with van der Waals surface area (Å²) in [6, 6.07) is 38.1. The zero-order chi connectivity index (χ0) is 26.3. The number of aromatic nitrogens is 4. The molecule has 0 spiro atoms. The van der Waals surface area contributed by atoms with E-state index in [9.17, 15) is 0 Å². The molecule has 0 unspecified atom stereocenters. The number of hydrogen-bond donors (Lipinski definition) is 0. The third kappa shape index (κ3) is 5.85. The standard InChI is InChI=1S/C35H32N4/c1-4-14-26(15-5-1)24-34-30-20-12-10-18-28(30)32(36-38-34)22-8-3-9-23-33-29-19-11-13-21-31(29)35(39-37-33)25-27-16-6-2-7-17-27/h1-2,4-7,10-21H,3,8-9,22-25H2. The van der Waals surface area contributed by atoms with Crippen LogP contribution in [-0.2, 0) is 25.7 Å². The van der Waals surface area contributed by atoms with Crippen LogP contribution < -0.4 is 0 Å². The largest absolute Gasteiger partial charge is 0.155 e. The molecule has 4 nitrogen and oxygen atoms in total. The summed E-state index contributed by atoms with van der Waals surface area (Å²) in [7, 11) is 0. The molecule has 192 valence electrons. The van der Waals surface area contributed by atoms with E-state index in [4.69, 9.17) is 0 Å². The Morgan fingerprint density at radius 3 is 1.08 bits per heavy atom. The second kappa shape index (κ2) is 12.0. The van der Waals surface area contributed by atoms with Crippen LogP contribution in [0.5, 0.6) is 0 Å². The second-order valence-electron chi connectivity index (χ2n) is 10.2. The Bertz CT molecular complexity index is 1550. The average molecular weight is 509 g/mol. The molecule has 0 fully saturated rings. The molecule has 0 aliphatic carbocycles. The molecule has 6 aromatic rings. The zero-order valence-corrected chi connectivity index (χ0v) is 22.1. The van der Waals surface area contributed by atoms with Crippen LogP contribution in [0, 0.1) is 0 Å². The van der Waals surface area contributed by atoms with Gasteiger partial charge in [0, 0.05) is 34.4 Å². The van der Waals surface area contributed by atoms with E-state index >= 15 is 0 Å². The van der Waals surface area contributed by atoms with Gasteiger partial charge in [0.15, 0.2) is 0 Å². The lowest BCUT2D eigenvalue weighted by Gasteiger charge is -2.10. The third-order valence-corrected chi connectivity index (χ3v) is 7.44. The summed E-state index contributed by atoms with van der Waals surface area (Å²) in [5.41, 5.74) is 6.79. The van der Waals surface area contributed by atoms with E-state index in [1.165, 1.54) is 32.7 Å². The van der Waals surface area contributed by atoms with Crippen LogP contribution in [0.2, 0.25) is 0 Å². The van der Waals surface area contributed by atoms with Crippen molar-refractivity contribution in [2.45, 2.75) is 44.9 Å². The van der Waals surface area contributed by atoms with Crippen LogP contribution in [-0.4, -0.2) is 20.4 Å². The van der Waals surface area contributed by atoms with E-state index in [-0.39, 0.29) is 0 Å². The predicted molar refractivity (Wildman–Crippen MR) is 159 cm³/mol. The Balaban J connectivity index is 1.10. The van der Waals surface area contributed by atoms with E-state index < -0.39 is 0 Å². The number of benzene rings is 4. The van der Waals surface area contributed by atoms with Gasteiger partial charge in [0.2, 0.25) is 0 Å². The van der Waals surface area contributed by atoms with Crippen LogP contribution in [0.25, 0.3) is 21.5 Å². The highest BCUT2D eigenvalue weighted by Gasteiger charge is 2.12. The van der Waals surface area contributed by atoms with Gasteiger partial charge in [-0.2, -0.15) is 20.4 Å². The maximum absolute atomic E-state index is 4.67.